The molecule has 0 atom stereocenters. The van der Waals surface area contributed by atoms with Gasteiger partial charge in [-0.05, 0) is 34.9 Å². The van der Waals surface area contributed by atoms with Crippen molar-refractivity contribution in [3.63, 3.8) is 0 Å². The summed E-state index contributed by atoms with van der Waals surface area (Å²) >= 11 is 0. The summed E-state index contributed by atoms with van der Waals surface area (Å²) in [5.41, 5.74) is 3.75. The highest BCUT2D eigenvalue weighted by Crippen LogP contribution is 2.27. The van der Waals surface area contributed by atoms with E-state index in [1.165, 1.54) is 13.2 Å². The van der Waals surface area contributed by atoms with Gasteiger partial charge in [0.25, 0.3) is 0 Å². The maximum Gasteiger partial charge on any atom is 0.167 e. The average Bonchev–Trinajstić information content (AvgIpc) is 2.63. The molecule has 0 aliphatic heterocycles. The number of hydrogen-bond acceptors (Lipinski definition) is 3. The molecular weight excluding hydrogens is 300 g/mol. The molecule has 3 aromatic rings. The number of phenols is 1. The van der Waals surface area contributed by atoms with Crippen LogP contribution in [0.5, 0.6) is 11.5 Å². The third kappa shape index (κ3) is 3.46. The zero-order valence-corrected chi connectivity index (χ0v) is 13.4. The topological polar surface area (TPSA) is 46.5 Å². The van der Waals surface area contributed by atoms with Crippen molar-refractivity contribution in [2.24, 2.45) is 0 Å². The van der Waals surface area contributed by atoms with E-state index < -0.39 is 0 Å². The van der Waals surface area contributed by atoms with Gasteiger partial charge in [0.2, 0.25) is 0 Å². The first kappa shape index (κ1) is 15.8. The van der Waals surface area contributed by atoms with Gasteiger partial charge in [-0.25, -0.2) is 0 Å². The third-order valence-electron chi connectivity index (χ3n) is 3.93. The van der Waals surface area contributed by atoms with Crippen LogP contribution in [0.3, 0.4) is 0 Å². The summed E-state index contributed by atoms with van der Waals surface area (Å²) in [6, 6.07) is 22.8. The van der Waals surface area contributed by atoms with Crippen molar-refractivity contribution in [1.82, 2.24) is 0 Å². The van der Waals surface area contributed by atoms with Crippen LogP contribution in [-0.2, 0) is 6.42 Å². The Bertz CT molecular complexity index is 837. The Hall–Kier alpha value is -3.07. The van der Waals surface area contributed by atoms with Crippen LogP contribution in [0.15, 0.2) is 72.8 Å². The summed E-state index contributed by atoms with van der Waals surface area (Å²) in [6.45, 7) is 0. The fourth-order valence-electron chi connectivity index (χ4n) is 2.58. The molecule has 0 saturated carbocycles. The van der Waals surface area contributed by atoms with Gasteiger partial charge in [-0.2, -0.15) is 0 Å². The minimum absolute atomic E-state index is 0.0132. The second-order valence-electron chi connectivity index (χ2n) is 5.55. The molecule has 0 unspecified atom stereocenters. The highest BCUT2D eigenvalue weighted by atomic mass is 16.5. The fourth-order valence-corrected chi connectivity index (χ4v) is 2.58. The van der Waals surface area contributed by atoms with Crippen molar-refractivity contribution in [3.05, 3.63) is 83.9 Å². The summed E-state index contributed by atoms with van der Waals surface area (Å²) in [4.78, 5) is 12.4. The number of carbonyl (C=O) groups excluding carboxylic acids is 1. The molecule has 0 fully saturated rings. The van der Waals surface area contributed by atoms with Crippen molar-refractivity contribution < 1.29 is 14.6 Å². The molecule has 0 saturated heterocycles. The summed E-state index contributed by atoms with van der Waals surface area (Å²) in [5, 5.41) is 9.61. The summed E-state index contributed by atoms with van der Waals surface area (Å²) in [5.74, 6) is 0.322. The maximum atomic E-state index is 12.4. The molecule has 0 aliphatic rings. The van der Waals surface area contributed by atoms with Gasteiger partial charge in [0.15, 0.2) is 17.3 Å². The predicted octanol–water partition coefficient (Wildman–Crippen LogP) is 4.49. The zero-order valence-electron chi connectivity index (χ0n) is 13.4. The summed E-state index contributed by atoms with van der Waals surface area (Å²) in [7, 11) is 1.46. The predicted molar refractivity (Wildman–Crippen MR) is 94.6 cm³/mol. The van der Waals surface area contributed by atoms with Crippen molar-refractivity contribution in [1.29, 1.82) is 0 Å². The first-order valence-electron chi connectivity index (χ1n) is 7.72. The van der Waals surface area contributed by atoms with E-state index in [0.717, 1.165) is 16.7 Å². The van der Waals surface area contributed by atoms with Crippen LogP contribution in [0.4, 0.5) is 0 Å². The average molecular weight is 318 g/mol. The van der Waals surface area contributed by atoms with Crippen LogP contribution >= 0.6 is 0 Å². The Kier molecular flexibility index (Phi) is 4.62. The van der Waals surface area contributed by atoms with Crippen molar-refractivity contribution in [3.8, 4) is 22.6 Å². The molecule has 0 heterocycles. The molecule has 1 N–H and O–H groups in total. The minimum Gasteiger partial charge on any atom is -0.504 e. The third-order valence-corrected chi connectivity index (χ3v) is 3.93. The van der Waals surface area contributed by atoms with Crippen molar-refractivity contribution in [2.75, 3.05) is 7.11 Å². The molecule has 0 radical (unpaired) electrons. The first-order valence-corrected chi connectivity index (χ1v) is 7.72. The van der Waals surface area contributed by atoms with E-state index in [4.69, 9.17) is 4.74 Å². The van der Waals surface area contributed by atoms with Crippen LogP contribution < -0.4 is 4.74 Å². The minimum atomic E-state index is -0.0132. The van der Waals surface area contributed by atoms with Gasteiger partial charge in [-0.1, -0.05) is 54.6 Å². The second-order valence-corrected chi connectivity index (χ2v) is 5.55. The number of ether oxygens (including phenoxy) is 1. The molecule has 0 aromatic heterocycles. The van der Waals surface area contributed by atoms with Crippen LogP contribution in [0, 0.1) is 0 Å². The Morgan fingerprint density at radius 1 is 0.917 bits per heavy atom. The molecule has 24 heavy (non-hydrogen) atoms. The highest BCUT2D eigenvalue weighted by molar-refractivity contribution is 5.98. The van der Waals surface area contributed by atoms with Crippen LogP contribution in [0.25, 0.3) is 11.1 Å². The van der Waals surface area contributed by atoms with Gasteiger partial charge < -0.3 is 9.84 Å². The number of Topliss-reactive ketones (excluding diaryl/α,β-unsaturated/α-hetero) is 1. The van der Waals surface area contributed by atoms with Crippen LogP contribution in [-0.4, -0.2) is 18.0 Å². The maximum absolute atomic E-state index is 12.4. The molecule has 0 spiro atoms. The van der Waals surface area contributed by atoms with Gasteiger partial charge in [0.05, 0.1) is 7.11 Å². The SMILES string of the molecule is COc1cc(C(=O)Cc2ccc(-c3ccccc3)cc2)ccc1O. The van der Waals surface area contributed by atoms with E-state index >= 15 is 0 Å². The molecule has 3 heteroatoms. The van der Waals surface area contributed by atoms with E-state index in [1.54, 1.807) is 12.1 Å². The molecule has 3 rings (SSSR count). The van der Waals surface area contributed by atoms with E-state index in [-0.39, 0.29) is 11.5 Å². The smallest absolute Gasteiger partial charge is 0.167 e. The monoisotopic (exact) mass is 318 g/mol. The summed E-state index contributed by atoms with van der Waals surface area (Å²) in [6.07, 6.45) is 0.309. The lowest BCUT2D eigenvalue weighted by Crippen LogP contribution is -2.03. The van der Waals surface area contributed by atoms with Crippen molar-refractivity contribution in [2.45, 2.75) is 6.42 Å². The second kappa shape index (κ2) is 7.01. The van der Waals surface area contributed by atoms with Crippen LogP contribution in [0.1, 0.15) is 15.9 Å². The number of benzene rings is 3. The number of rotatable bonds is 5. The number of carbonyl (C=O) groups is 1. The lowest BCUT2D eigenvalue weighted by atomic mass is 9.99. The van der Waals surface area contributed by atoms with E-state index in [0.29, 0.717) is 17.7 Å². The molecular formula is C21H18O3. The lowest BCUT2D eigenvalue weighted by molar-refractivity contribution is 0.0992. The van der Waals surface area contributed by atoms with Gasteiger partial charge >= 0.3 is 0 Å². The lowest BCUT2D eigenvalue weighted by Gasteiger charge is -2.07. The molecule has 3 aromatic carbocycles. The molecule has 120 valence electrons. The summed E-state index contributed by atoms with van der Waals surface area (Å²) < 4.78 is 5.05. The number of methoxy groups -OCH3 is 1. The van der Waals surface area contributed by atoms with Crippen molar-refractivity contribution >= 4 is 5.78 Å². The zero-order chi connectivity index (χ0) is 16.9. The quantitative estimate of drug-likeness (QED) is 0.705. The number of ketones is 1. The largest absolute Gasteiger partial charge is 0.504 e. The molecule has 0 aliphatic carbocycles. The highest BCUT2D eigenvalue weighted by Gasteiger charge is 2.11. The van der Waals surface area contributed by atoms with E-state index in [9.17, 15) is 9.90 Å². The van der Waals surface area contributed by atoms with E-state index in [2.05, 4.69) is 12.1 Å². The normalized spacial score (nSPS) is 10.4. The Morgan fingerprint density at radius 3 is 2.25 bits per heavy atom. The Balaban J connectivity index is 1.75. The van der Waals surface area contributed by atoms with Gasteiger partial charge in [-0.3, -0.25) is 4.79 Å². The molecule has 0 bridgehead atoms. The van der Waals surface area contributed by atoms with Gasteiger partial charge in [0, 0.05) is 12.0 Å². The molecule has 0 amide bonds. The van der Waals surface area contributed by atoms with Crippen LogP contribution in [0.2, 0.25) is 0 Å². The number of hydrogen-bond donors (Lipinski definition) is 1. The molecule has 3 nitrogen and oxygen atoms in total. The van der Waals surface area contributed by atoms with Gasteiger partial charge in [-0.15, -0.1) is 0 Å². The van der Waals surface area contributed by atoms with E-state index in [1.807, 2.05) is 42.5 Å². The number of aromatic hydroxyl groups is 1. The van der Waals surface area contributed by atoms with Gasteiger partial charge in [0.1, 0.15) is 0 Å². The number of phenolic OH excluding ortho intramolecular Hbond substituents is 1. The Morgan fingerprint density at radius 2 is 1.58 bits per heavy atom. The first-order chi connectivity index (χ1) is 11.7. The standard InChI is InChI=1S/C21H18O3/c1-24-21-14-18(11-12-19(21)22)20(23)13-15-7-9-17(10-8-15)16-5-3-2-4-6-16/h2-12,14,22H,13H2,1H3. The fraction of sp³-hybridized carbons (Fsp3) is 0.0952. The Labute approximate surface area is 141 Å².